The third-order valence-corrected chi connectivity index (χ3v) is 4.31. The van der Waals surface area contributed by atoms with Crippen molar-refractivity contribution in [3.8, 4) is 0 Å². The molecule has 0 bridgehead atoms. The molecule has 1 aliphatic rings. The second kappa shape index (κ2) is 6.97. The molecular formula is C20H24N2O. The maximum absolute atomic E-state index is 12.8. The average Bonchev–Trinajstić information content (AvgIpc) is 2.82. The lowest BCUT2D eigenvalue weighted by Crippen LogP contribution is -2.37. The summed E-state index contributed by atoms with van der Waals surface area (Å²) in [6.07, 6.45) is 1.07. The zero-order valence-electron chi connectivity index (χ0n) is 13.8. The minimum absolute atomic E-state index is 0.0299. The van der Waals surface area contributed by atoms with E-state index >= 15 is 0 Å². The van der Waals surface area contributed by atoms with E-state index in [1.165, 1.54) is 0 Å². The second-order valence-corrected chi connectivity index (χ2v) is 6.55. The van der Waals surface area contributed by atoms with Gasteiger partial charge in [0, 0.05) is 17.7 Å². The topological polar surface area (TPSA) is 32.3 Å². The van der Waals surface area contributed by atoms with Crippen LogP contribution in [0.1, 0.15) is 47.9 Å². The van der Waals surface area contributed by atoms with Crippen molar-refractivity contribution in [2.45, 2.75) is 33.0 Å². The predicted molar refractivity (Wildman–Crippen MR) is 93.0 cm³/mol. The Balaban J connectivity index is 1.82. The van der Waals surface area contributed by atoms with Crippen LogP contribution < -0.4 is 5.32 Å². The molecule has 1 amide bonds. The van der Waals surface area contributed by atoms with Crippen molar-refractivity contribution >= 4 is 5.91 Å². The number of rotatable bonds is 6. The summed E-state index contributed by atoms with van der Waals surface area (Å²) >= 11 is 0. The van der Waals surface area contributed by atoms with Gasteiger partial charge in [0.15, 0.2) is 0 Å². The summed E-state index contributed by atoms with van der Waals surface area (Å²) in [4.78, 5) is 14.7. The summed E-state index contributed by atoms with van der Waals surface area (Å²) in [5, 5.41) is 3.57. The van der Waals surface area contributed by atoms with Crippen LogP contribution in [0.25, 0.3) is 0 Å². The van der Waals surface area contributed by atoms with Gasteiger partial charge in [0.25, 0.3) is 5.91 Å². The Kier molecular flexibility index (Phi) is 4.77. The molecule has 1 heterocycles. The lowest BCUT2D eigenvalue weighted by atomic mass is 10.1. The van der Waals surface area contributed by atoms with E-state index in [2.05, 4.69) is 37.4 Å². The summed E-state index contributed by atoms with van der Waals surface area (Å²) in [6.45, 7) is 5.98. The molecule has 1 atom stereocenters. The quantitative estimate of drug-likeness (QED) is 0.875. The number of hydrogen-bond donors (Lipinski definition) is 1. The SMILES string of the molecule is CC(C)CCN[C@@H]1c2ccccc2C(=O)N1Cc1ccccc1. The Morgan fingerprint density at radius 1 is 1.04 bits per heavy atom. The van der Waals surface area contributed by atoms with Crippen LogP contribution in [0, 0.1) is 5.92 Å². The highest BCUT2D eigenvalue weighted by molar-refractivity contribution is 5.99. The lowest BCUT2D eigenvalue weighted by Gasteiger charge is -2.27. The van der Waals surface area contributed by atoms with Crippen LogP contribution in [-0.2, 0) is 6.54 Å². The first kappa shape index (κ1) is 15.8. The molecule has 3 rings (SSSR count). The van der Waals surface area contributed by atoms with Gasteiger partial charge in [-0.05, 0) is 30.5 Å². The monoisotopic (exact) mass is 308 g/mol. The molecular weight excluding hydrogens is 284 g/mol. The van der Waals surface area contributed by atoms with Gasteiger partial charge < -0.3 is 4.90 Å². The largest absolute Gasteiger partial charge is 0.315 e. The molecule has 3 heteroatoms. The van der Waals surface area contributed by atoms with E-state index in [1.807, 2.05) is 41.3 Å². The van der Waals surface area contributed by atoms with E-state index in [1.54, 1.807) is 0 Å². The first-order valence-corrected chi connectivity index (χ1v) is 8.34. The van der Waals surface area contributed by atoms with Gasteiger partial charge in [-0.1, -0.05) is 62.4 Å². The molecule has 120 valence electrons. The standard InChI is InChI=1S/C20H24N2O/c1-15(2)12-13-21-19-17-10-6-7-11-18(17)20(23)22(19)14-16-8-4-3-5-9-16/h3-11,15,19,21H,12-14H2,1-2H3/t19-/m0/s1. The normalized spacial score (nSPS) is 16.9. The van der Waals surface area contributed by atoms with Crippen molar-refractivity contribution in [2.75, 3.05) is 6.54 Å². The maximum Gasteiger partial charge on any atom is 0.256 e. The molecule has 1 N–H and O–H groups in total. The molecule has 1 aliphatic heterocycles. The fourth-order valence-corrected chi connectivity index (χ4v) is 3.04. The van der Waals surface area contributed by atoms with Gasteiger partial charge in [-0.15, -0.1) is 0 Å². The Bertz CT molecular complexity index is 666. The van der Waals surface area contributed by atoms with E-state index < -0.39 is 0 Å². The number of amides is 1. The highest BCUT2D eigenvalue weighted by atomic mass is 16.2. The van der Waals surface area contributed by atoms with E-state index in [4.69, 9.17) is 0 Å². The van der Waals surface area contributed by atoms with Crippen LogP contribution >= 0.6 is 0 Å². The van der Waals surface area contributed by atoms with Gasteiger partial charge in [0.1, 0.15) is 6.17 Å². The summed E-state index contributed by atoms with van der Waals surface area (Å²) < 4.78 is 0. The lowest BCUT2D eigenvalue weighted by molar-refractivity contribution is 0.0676. The maximum atomic E-state index is 12.8. The zero-order chi connectivity index (χ0) is 16.2. The Labute approximate surface area is 138 Å². The van der Waals surface area contributed by atoms with Crippen molar-refractivity contribution in [2.24, 2.45) is 5.92 Å². The minimum Gasteiger partial charge on any atom is -0.315 e. The predicted octanol–water partition coefficient (Wildman–Crippen LogP) is 3.98. The zero-order valence-corrected chi connectivity index (χ0v) is 13.8. The van der Waals surface area contributed by atoms with E-state index in [9.17, 15) is 4.79 Å². The van der Waals surface area contributed by atoms with Gasteiger partial charge in [0.05, 0.1) is 0 Å². The van der Waals surface area contributed by atoms with E-state index in [0.29, 0.717) is 12.5 Å². The van der Waals surface area contributed by atoms with Gasteiger partial charge in [-0.3, -0.25) is 10.1 Å². The third-order valence-electron chi connectivity index (χ3n) is 4.31. The number of carbonyl (C=O) groups is 1. The smallest absolute Gasteiger partial charge is 0.256 e. The van der Waals surface area contributed by atoms with Crippen LogP contribution in [0.15, 0.2) is 54.6 Å². The first-order valence-electron chi connectivity index (χ1n) is 8.34. The van der Waals surface area contributed by atoms with Gasteiger partial charge in [-0.25, -0.2) is 0 Å². The van der Waals surface area contributed by atoms with Crippen LogP contribution in [0.5, 0.6) is 0 Å². The van der Waals surface area contributed by atoms with Gasteiger partial charge >= 0.3 is 0 Å². The molecule has 23 heavy (non-hydrogen) atoms. The number of nitrogens with one attached hydrogen (secondary N) is 1. The van der Waals surface area contributed by atoms with E-state index in [0.717, 1.165) is 29.7 Å². The highest BCUT2D eigenvalue weighted by Crippen LogP contribution is 2.32. The minimum atomic E-state index is -0.0299. The van der Waals surface area contributed by atoms with Crippen LogP contribution in [0.2, 0.25) is 0 Å². The van der Waals surface area contributed by atoms with E-state index in [-0.39, 0.29) is 12.1 Å². The molecule has 0 spiro atoms. The molecule has 0 aromatic heterocycles. The molecule has 2 aromatic rings. The number of benzene rings is 2. The third kappa shape index (κ3) is 3.45. The molecule has 0 aliphatic carbocycles. The van der Waals surface area contributed by atoms with Gasteiger partial charge in [-0.2, -0.15) is 0 Å². The molecule has 0 saturated heterocycles. The Hall–Kier alpha value is -2.13. The van der Waals surface area contributed by atoms with Crippen LogP contribution in [0.3, 0.4) is 0 Å². The molecule has 2 aromatic carbocycles. The summed E-state index contributed by atoms with van der Waals surface area (Å²) in [6, 6.07) is 18.1. The van der Waals surface area contributed by atoms with Crippen molar-refractivity contribution in [3.05, 3.63) is 71.3 Å². The van der Waals surface area contributed by atoms with Crippen molar-refractivity contribution in [3.63, 3.8) is 0 Å². The van der Waals surface area contributed by atoms with Crippen molar-refractivity contribution in [1.29, 1.82) is 0 Å². The second-order valence-electron chi connectivity index (χ2n) is 6.55. The van der Waals surface area contributed by atoms with Crippen molar-refractivity contribution < 1.29 is 4.79 Å². The molecule has 0 unspecified atom stereocenters. The molecule has 0 fully saturated rings. The number of nitrogens with zero attached hydrogens (tertiary/aromatic N) is 1. The fourth-order valence-electron chi connectivity index (χ4n) is 3.04. The highest BCUT2D eigenvalue weighted by Gasteiger charge is 2.35. The first-order chi connectivity index (χ1) is 11.2. The summed E-state index contributed by atoms with van der Waals surface area (Å²) in [7, 11) is 0. The van der Waals surface area contributed by atoms with Gasteiger partial charge in [0.2, 0.25) is 0 Å². The summed E-state index contributed by atoms with van der Waals surface area (Å²) in [5.41, 5.74) is 3.08. The summed E-state index contributed by atoms with van der Waals surface area (Å²) in [5.74, 6) is 0.768. The Morgan fingerprint density at radius 3 is 2.48 bits per heavy atom. The fraction of sp³-hybridized carbons (Fsp3) is 0.350. The molecule has 3 nitrogen and oxygen atoms in total. The van der Waals surface area contributed by atoms with Crippen LogP contribution in [0.4, 0.5) is 0 Å². The van der Waals surface area contributed by atoms with Crippen LogP contribution in [-0.4, -0.2) is 17.4 Å². The number of hydrogen-bond acceptors (Lipinski definition) is 2. The van der Waals surface area contributed by atoms with Crippen molar-refractivity contribution in [1.82, 2.24) is 10.2 Å². The number of carbonyl (C=O) groups excluding carboxylic acids is 1. The Morgan fingerprint density at radius 2 is 1.74 bits per heavy atom. The molecule has 0 saturated carbocycles. The molecule has 0 radical (unpaired) electrons. The average molecular weight is 308 g/mol. The number of fused-ring (bicyclic) bond motifs is 1.